The molecule has 0 amide bonds. The van der Waals surface area contributed by atoms with E-state index in [1.54, 1.807) is 6.20 Å². The molecule has 0 saturated carbocycles. The van der Waals surface area contributed by atoms with Crippen molar-refractivity contribution >= 4 is 11.5 Å². The van der Waals surface area contributed by atoms with E-state index in [1.807, 2.05) is 16.8 Å². The van der Waals surface area contributed by atoms with Crippen molar-refractivity contribution in [1.29, 1.82) is 0 Å². The van der Waals surface area contributed by atoms with Crippen LogP contribution in [0.2, 0.25) is 0 Å². The highest BCUT2D eigenvalue weighted by atomic mass is 15.3. The quantitative estimate of drug-likeness (QED) is 0.774. The average Bonchev–Trinajstić information content (AvgIpc) is 3.03. The Balaban J connectivity index is 1.73. The van der Waals surface area contributed by atoms with E-state index in [0.29, 0.717) is 6.04 Å². The fourth-order valence-corrected chi connectivity index (χ4v) is 3.10. The molecule has 88 valence electrons. The lowest BCUT2D eigenvalue weighted by Gasteiger charge is -2.24. The molecule has 2 aromatic heterocycles. The van der Waals surface area contributed by atoms with Gasteiger partial charge in [0.1, 0.15) is 5.82 Å². The zero-order chi connectivity index (χ0) is 11.2. The van der Waals surface area contributed by atoms with Gasteiger partial charge in [-0.05, 0) is 18.4 Å². The summed E-state index contributed by atoms with van der Waals surface area (Å²) in [6.07, 6.45) is 5.06. The van der Waals surface area contributed by atoms with Crippen LogP contribution in [0.1, 0.15) is 6.42 Å². The fourth-order valence-electron chi connectivity index (χ4n) is 3.10. The maximum Gasteiger partial charge on any atom is 0.157 e. The lowest BCUT2D eigenvalue weighted by Crippen LogP contribution is -2.34. The maximum absolute atomic E-state index is 4.68. The zero-order valence-electron chi connectivity index (χ0n) is 9.58. The normalized spacial score (nSPS) is 27.9. The van der Waals surface area contributed by atoms with Gasteiger partial charge in [0.2, 0.25) is 0 Å². The Bertz CT molecular complexity index is 549. The van der Waals surface area contributed by atoms with Crippen molar-refractivity contribution in [3.8, 4) is 0 Å². The van der Waals surface area contributed by atoms with E-state index >= 15 is 0 Å². The first-order valence-corrected chi connectivity index (χ1v) is 6.19. The van der Waals surface area contributed by atoms with Gasteiger partial charge < -0.3 is 10.2 Å². The average molecular weight is 229 g/mol. The highest BCUT2D eigenvalue weighted by Crippen LogP contribution is 2.30. The molecular formula is C12H15N5. The molecule has 2 atom stereocenters. The Morgan fingerprint density at radius 1 is 1.29 bits per heavy atom. The first-order chi connectivity index (χ1) is 8.42. The van der Waals surface area contributed by atoms with Gasteiger partial charge in [0.15, 0.2) is 5.65 Å². The molecule has 2 saturated heterocycles. The smallest absolute Gasteiger partial charge is 0.157 e. The van der Waals surface area contributed by atoms with E-state index in [0.717, 1.165) is 37.0 Å². The Labute approximate surface area is 99.4 Å². The van der Waals surface area contributed by atoms with E-state index < -0.39 is 0 Å². The molecule has 2 fully saturated rings. The topological polar surface area (TPSA) is 45.5 Å². The van der Waals surface area contributed by atoms with Gasteiger partial charge >= 0.3 is 0 Å². The van der Waals surface area contributed by atoms with Crippen molar-refractivity contribution in [2.75, 3.05) is 24.5 Å². The van der Waals surface area contributed by atoms with Crippen molar-refractivity contribution in [2.24, 2.45) is 5.92 Å². The minimum Gasteiger partial charge on any atom is -0.352 e. The number of hydrogen-bond acceptors (Lipinski definition) is 4. The number of aromatic nitrogens is 3. The lowest BCUT2D eigenvalue weighted by molar-refractivity contribution is 0.577. The first-order valence-electron chi connectivity index (χ1n) is 6.19. The van der Waals surface area contributed by atoms with Gasteiger partial charge in [0, 0.05) is 37.9 Å². The minimum atomic E-state index is 0.632. The number of anilines is 1. The predicted molar refractivity (Wildman–Crippen MR) is 65.1 cm³/mol. The second-order valence-electron chi connectivity index (χ2n) is 4.89. The van der Waals surface area contributed by atoms with Crippen molar-refractivity contribution in [1.82, 2.24) is 19.9 Å². The first kappa shape index (κ1) is 9.41. The number of hydrogen-bond donors (Lipinski definition) is 1. The number of fused-ring (bicyclic) bond motifs is 2. The third kappa shape index (κ3) is 1.35. The third-order valence-corrected chi connectivity index (χ3v) is 3.98. The van der Waals surface area contributed by atoms with E-state index in [-0.39, 0.29) is 0 Å². The van der Waals surface area contributed by atoms with Gasteiger partial charge in [-0.25, -0.2) is 9.50 Å². The molecule has 0 spiro atoms. The van der Waals surface area contributed by atoms with Crippen molar-refractivity contribution in [3.05, 3.63) is 24.5 Å². The molecule has 0 aliphatic carbocycles. The van der Waals surface area contributed by atoms with Crippen LogP contribution in [-0.2, 0) is 0 Å². The molecule has 0 unspecified atom stereocenters. The lowest BCUT2D eigenvalue weighted by atomic mass is 10.1. The molecular weight excluding hydrogens is 214 g/mol. The molecule has 4 heterocycles. The SMILES string of the molecule is c1cc2nc(N3CC[C@H]4CNC[C@H]43)ccn2n1. The van der Waals surface area contributed by atoms with Gasteiger partial charge in [-0.3, -0.25) is 0 Å². The Kier molecular flexibility index (Phi) is 1.90. The standard InChI is InChI=1S/C12H15N5/c1-4-14-17-6-3-11(15-12(1)17)16-5-2-9-7-13-8-10(9)16/h1,3-4,6,9-10,13H,2,5,7-8H2/t9-,10+/m0/s1. The van der Waals surface area contributed by atoms with Crippen LogP contribution in [0.4, 0.5) is 5.82 Å². The summed E-state index contributed by atoms with van der Waals surface area (Å²) in [5, 5.41) is 7.65. The summed E-state index contributed by atoms with van der Waals surface area (Å²) in [7, 11) is 0. The van der Waals surface area contributed by atoms with Gasteiger partial charge in [0.05, 0.1) is 6.20 Å². The molecule has 2 aromatic rings. The van der Waals surface area contributed by atoms with Gasteiger partial charge in [-0.1, -0.05) is 0 Å². The molecule has 4 rings (SSSR count). The molecule has 5 heteroatoms. The fraction of sp³-hybridized carbons (Fsp3) is 0.500. The molecule has 2 aliphatic rings. The predicted octanol–water partition coefficient (Wildman–Crippen LogP) is 0.527. The molecule has 1 N–H and O–H groups in total. The van der Waals surface area contributed by atoms with Crippen LogP contribution in [0, 0.1) is 5.92 Å². The van der Waals surface area contributed by atoms with Crippen LogP contribution in [0.15, 0.2) is 24.5 Å². The van der Waals surface area contributed by atoms with E-state index in [9.17, 15) is 0 Å². The summed E-state index contributed by atoms with van der Waals surface area (Å²) in [6, 6.07) is 4.65. The molecule has 2 aliphatic heterocycles. The minimum absolute atomic E-state index is 0.632. The van der Waals surface area contributed by atoms with Crippen molar-refractivity contribution in [3.63, 3.8) is 0 Å². The summed E-state index contributed by atoms with van der Waals surface area (Å²) in [5.74, 6) is 1.90. The van der Waals surface area contributed by atoms with Gasteiger partial charge in [-0.2, -0.15) is 5.10 Å². The van der Waals surface area contributed by atoms with Crippen molar-refractivity contribution < 1.29 is 0 Å². The summed E-state index contributed by atoms with van der Waals surface area (Å²) < 4.78 is 1.81. The van der Waals surface area contributed by atoms with Crippen LogP contribution in [0.3, 0.4) is 0 Å². The highest BCUT2D eigenvalue weighted by Gasteiger charge is 2.38. The summed E-state index contributed by atoms with van der Waals surface area (Å²) in [6.45, 7) is 3.39. The third-order valence-electron chi connectivity index (χ3n) is 3.98. The summed E-state index contributed by atoms with van der Waals surface area (Å²) >= 11 is 0. The molecule has 0 radical (unpaired) electrons. The molecule has 5 nitrogen and oxygen atoms in total. The van der Waals surface area contributed by atoms with Crippen LogP contribution in [0.5, 0.6) is 0 Å². The number of rotatable bonds is 1. The number of nitrogens with one attached hydrogen (secondary N) is 1. The van der Waals surface area contributed by atoms with Gasteiger partial charge in [0.25, 0.3) is 0 Å². The zero-order valence-corrected chi connectivity index (χ0v) is 9.58. The Morgan fingerprint density at radius 2 is 2.29 bits per heavy atom. The van der Waals surface area contributed by atoms with Crippen LogP contribution < -0.4 is 10.2 Å². The van der Waals surface area contributed by atoms with E-state index in [1.165, 1.54) is 6.42 Å². The van der Waals surface area contributed by atoms with E-state index in [2.05, 4.69) is 26.4 Å². The highest BCUT2D eigenvalue weighted by molar-refractivity contribution is 5.49. The van der Waals surface area contributed by atoms with Crippen LogP contribution >= 0.6 is 0 Å². The molecule has 17 heavy (non-hydrogen) atoms. The number of nitrogens with zero attached hydrogens (tertiary/aromatic N) is 4. The second-order valence-corrected chi connectivity index (χ2v) is 4.89. The van der Waals surface area contributed by atoms with Crippen LogP contribution in [-0.4, -0.2) is 40.3 Å². The van der Waals surface area contributed by atoms with E-state index in [4.69, 9.17) is 0 Å². The Hall–Kier alpha value is -1.62. The monoisotopic (exact) mass is 229 g/mol. The van der Waals surface area contributed by atoms with Crippen LogP contribution in [0.25, 0.3) is 5.65 Å². The maximum atomic E-state index is 4.68. The van der Waals surface area contributed by atoms with Crippen molar-refractivity contribution in [2.45, 2.75) is 12.5 Å². The van der Waals surface area contributed by atoms with Gasteiger partial charge in [-0.15, -0.1) is 0 Å². The second kappa shape index (κ2) is 3.43. The summed E-state index contributed by atoms with van der Waals surface area (Å²) in [4.78, 5) is 7.12. The largest absolute Gasteiger partial charge is 0.352 e. The molecule has 0 aromatic carbocycles. The Morgan fingerprint density at radius 3 is 3.29 bits per heavy atom. The molecule has 0 bridgehead atoms. The summed E-state index contributed by atoms with van der Waals surface area (Å²) in [5.41, 5.74) is 0.928.